The van der Waals surface area contributed by atoms with Crippen LogP contribution in [0.2, 0.25) is 0 Å². The van der Waals surface area contributed by atoms with Gasteiger partial charge in [0.1, 0.15) is 11.3 Å². The smallest absolute Gasteiger partial charge is 0.152 e. The number of benzene rings is 2. The van der Waals surface area contributed by atoms with Crippen LogP contribution in [0.4, 0.5) is 5.82 Å². The SMILES string of the molecule is CCCCc1nc2c(N)nc3ccccc3c2n1Cc1ccc(CNC(C)(C)C)cc1. The van der Waals surface area contributed by atoms with Crippen molar-refractivity contribution in [2.24, 2.45) is 0 Å². The van der Waals surface area contributed by atoms with E-state index in [-0.39, 0.29) is 5.54 Å². The monoisotopic (exact) mass is 415 g/mol. The van der Waals surface area contributed by atoms with Gasteiger partial charge in [-0.25, -0.2) is 9.97 Å². The molecule has 0 atom stereocenters. The summed E-state index contributed by atoms with van der Waals surface area (Å²) in [5.41, 5.74) is 11.8. The van der Waals surface area contributed by atoms with Gasteiger partial charge in [-0.3, -0.25) is 0 Å². The molecule has 31 heavy (non-hydrogen) atoms. The quantitative estimate of drug-likeness (QED) is 0.421. The number of nitrogens with one attached hydrogen (secondary N) is 1. The van der Waals surface area contributed by atoms with Crippen LogP contribution in [0.3, 0.4) is 0 Å². The molecular weight excluding hydrogens is 382 g/mol. The maximum absolute atomic E-state index is 6.32. The number of unbranched alkanes of at least 4 members (excludes halogenated alkanes) is 1. The number of hydrogen-bond acceptors (Lipinski definition) is 4. The lowest BCUT2D eigenvalue weighted by molar-refractivity contribution is 0.424. The third-order valence-corrected chi connectivity index (χ3v) is 5.63. The summed E-state index contributed by atoms with van der Waals surface area (Å²) in [6.07, 6.45) is 3.17. The summed E-state index contributed by atoms with van der Waals surface area (Å²) in [6, 6.07) is 17.1. The normalized spacial score (nSPS) is 12.1. The molecule has 2 aromatic carbocycles. The first kappa shape index (κ1) is 21.3. The van der Waals surface area contributed by atoms with Crippen molar-refractivity contribution in [2.75, 3.05) is 5.73 Å². The number of imidazole rings is 1. The molecule has 0 spiro atoms. The van der Waals surface area contributed by atoms with E-state index in [0.29, 0.717) is 5.82 Å². The van der Waals surface area contributed by atoms with Crippen molar-refractivity contribution < 1.29 is 0 Å². The largest absolute Gasteiger partial charge is 0.382 e. The van der Waals surface area contributed by atoms with Crippen LogP contribution in [0.15, 0.2) is 48.5 Å². The molecule has 0 aliphatic heterocycles. The Morgan fingerprint density at radius 2 is 1.68 bits per heavy atom. The second-order valence-corrected chi connectivity index (χ2v) is 9.35. The van der Waals surface area contributed by atoms with Crippen molar-refractivity contribution >= 4 is 27.8 Å². The van der Waals surface area contributed by atoms with Crippen LogP contribution in [0, 0.1) is 0 Å². The summed E-state index contributed by atoms with van der Waals surface area (Å²) in [4.78, 5) is 9.53. The van der Waals surface area contributed by atoms with Crippen molar-refractivity contribution in [3.05, 3.63) is 65.5 Å². The van der Waals surface area contributed by atoms with E-state index in [9.17, 15) is 0 Å². The van der Waals surface area contributed by atoms with Crippen LogP contribution < -0.4 is 11.1 Å². The van der Waals surface area contributed by atoms with Gasteiger partial charge in [-0.15, -0.1) is 0 Å². The highest BCUT2D eigenvalue weighted by Crippen LogP contribution is 2.30. The standard InChI is InChI=1S/C26H33N5/c1-5-6-11-22-30-23-24(20-9-7-8-10-21(20)29-25(23)27)31(22)17-19-14-12-18(13-15-19)16-28-26(2,3)4/h7-10,12-15,28H,5-6,11,16-17H2,1-4H3,(H2,27,29). The number of nitrogens with two attached hydrogens (primary N) is 1. The molecule has 0 saturated heterocycles. The molecule has 5 heteroatoms. The highest BCUT2D eigenvalue weighted by Gasteiger charge is 2.17. The Hall–Kier alpha value is -2.92. The first-order chi connectivity index (χ1) is 14.9. The summed E-state index contributed by atoms with van der Waals surface area (Å²) in [5.74, 6) is 1.59. The molecule has 0 radical (unpaired) electrons. The van der Waals surface area contributed by atoms with Crippen LogP contribution in [0.1, 0.15) is 57.5 Å². The summed E-state index contributed by atoms with van der Waals surface area (Å²) < 4.78 is 2.34. The second kappa shape index (κ2) is 8.67. The molecule has 162 valence electrons. The predicted molar refractivity (Wildman–Crippen MR) is 130 cm³/mol. The number of rotatable bonds is 7. The van der Waals surface area contributed by atoms with Gasteiger partial charge >= 0.3 is 0 Å². The van der Waals surface area contributed by atoms with Crippen LogP contribution in [0.5, 0.6) is 0 Å². The number of para-hydroxylation sites is 1. The molecule has 0 aliphatic carbocycles. The average Bonchev–Trinajstić information content (AvgIpc) is 3.10. The minimum Gasteiger partial charge on any atom is -0.382 e. The molecule has 0 saturated carbocycles. The van der Waals surface area contributed by atoms with E-state index in [0.717, 1.165) is 60.1 Å². The van der Waals surface area contributed by atoms with Gasteiger partial charge in [0.25, 0.3) is 0 Å². The van der Waals surface area contributed by atoms with Crippen LogP contribution in [-0.4, -0.2) is 20.1 Å². The van der Waals surface area contributed by atoms with E-state index in [1.807, 2.05) is 12.1 Å². The zero-order valence-electron chi connectivity index (χ0n) is 19.1. The Bertz CT molecular complexity index is 1180. The third kappa shape index (κ3) is 4.72. The van der Waals surface area contributed by atoms with Gasteiger partial charge in [0.15, 0.2) is 5.82 Å². The Morgan fingerprint density at radius 3 is 2.39 bits per heavy atom. The fourth-order valence-electron chi connectivity index (χ4n) is 3.91. The third-order valence-electron chi connectivity index (χ3n) is 5.63. The molecule has 0 amide bonds. The van der Waals surface area contributed by atoms with Gasteiger partial charge in [-0.1, -0.05) is 55.8 Å². The minimum absolute atomic E-state index is 0.109. The van der Waals surface area contributed by atoms with Gasteiger partial charge < -0.3 is 15.6 Å². The number of anilines is 1. The fraction of sp³-hybridized carbons (Fsp3) is 0.385. The molecule has 4 aromatic rings. The molecule has 0 unspecified atom stereocenters. The fourth-order valence-corrected chi connectivity index (χ4v) is 3.91. The Morgan fingerprint density at radius 1 is 0.968 bits per heavy atom. The molecule has 0 fully saturated rings. The molecule has 2 heterocycles. The number of nitrogen functional groups attached to an aromatic ring is 1. The van der Waals surface area contributed by atoms with Crippen LogP contribution in [0.25, 0.3) is 21.9 Å². The lowest BCUT2D eigenvalue weighted by Crippen LogP contribution is -2.35. The topological polar surface area (TPSA) is 68.8 Å². The van der Waals surface area contributed by atoms with E-state index in [4.69, 9.17) is 10.7 Å². The summed E-state index contributed by atoms with van der Waals surface area (Å²) >= 11 is 0. The van der Waals surface area contributed by atoms with Gasteiger partial charge in [0.2, 0.25) is 0 Å². The van der Waals surface area contributed by atoms with Crippen LogP contribution in [-0.2, 0) is 19.5 Å². The van der Waals surface area contributed by atoms with Gasteiger partial charge in [0.05, 0.1) is 11.0 Å². The van der Waals surface area contributed by atoms with Crippen LogP contribution >= 0.6 is 0 Å². The van der Waals surface area contributed by atoms with Gasteiger partial charge in [0, 0.05) is 30.4 Å². The Balaban J connectivity index is 1.73. The van der Waals surface area contributed by atoms with E-state index in [1.54, 1.807) is 0 Å². The van der Waals surface area contributed by atoms with E-state index >= 15 is 0 Å². The lowest BCUT2D eigenvalue weighted by Gasteiger charge is -2.20. The number of hydrogen-bond donors (Lipinski definition) is 2. The Kier molecular flexibility index (Phi) is 5.96. The Labute approximate surface area is 184 Å². The summed E-state index contributed by atoms with van der Waals surface area (Å²) in [6.45, 7) is 10.4. The predicted octanol–water partition coefficient (Wildman–Crippen LogP) is 5.45. The number of aromatic nitrogens is 3. The highest BCUT2D eigenvalue weighted by molar-refractivity contribution is 6.06. The number of nitrogens with zero attached hydrogens (tertiary/aromatic N) is 3. The number of aryl methyl sites for hydroxylation is 1. The zero-order valence-corrected chi connectivity index (χ0v) is 19.1. The zero-order chi connectivity index (χ0) is 22.0. The van der Waals surface area contributed by atoms with E-state index < -0.39 is 0 Å². The molecule has 4 rings (SSSR count). The van der Waals surface area contributed by atoms with Crippen molar-refractivity contribution in [1.82, 2.24) is 19.9 Å². The van der Waals surface area contributed by atoms with Gasteiger partial charge in [-0.05, 0) is 44.4 Å². The van der Waals surface area contributed by atoms with E-state index in [1.165, 1.54) is 11.1 Å². The first-order valence-corrected chi connectivity index (χ1v) is 11.2. The number of fused-ring (bicyclic) bond motifs is 3. The molecule has 0 aliphatic rings. The summed E-state index contributed by atoms with van der Waals surface area (Å²) in [5, 5.41) is 4.65. The lowest BCUT2D eigenvalue weighted by atomic mass is 10.1. The van der Waals surface area contributed by atoms with Crippen molar-refractivity contribution in [3.63, 3.8) is 0 Å². The summed E-state index contributed by atoms with van der Waals surface area (Å²) in [7, 11) is 0. The minimum atomic E-state index is 0.109. The maximum Gasteiger partial charge on any atom is 0.152 e. The number of pyridine rings is 1. The van der Waals surface area contributed by atoms with Crippen molar-refractivity contribution in [1.29, 1.82) is 0 Å². The first-order valence-electron chi connectivity index (χ1n) is 11.2. The van der Waals surface area contributed by atoms with E-state index in [2.05, 4.69) is 79.0 Å². The van der Waals surface area contributed by atoms with Crippen molar-refractivity contribution in [2.45, 2.75) is 65.6 Å². The van der Waals surface area contributed by atoms with Crippen molar-refractivity contribution in [3.8, 4) is 0 Å². The molecule has 5 nitrogen and oxygen atoms in total. The average molecular weight is 416 g/mol. The molecule has 3 N–H and O–H groups in total. The molecular formula is C26H33N5. The molecule has 0 bridgehead atoms. The second-order valence-electron chi connectivity index (χ2n) is 9.35. The molecule has 2 aromatic heterocycles. The maximum atomic E-state index is 6.32. The van der Waals surface area contributed by atoms with Gasteiger partial charge in [-0.2, -0.15) is 0 Å². The highest BCUT2D eigenvalue weighted by atomic mass is 15.1.